The molecule has 2 atom stereocenters. The van der Waals surface area contributed by atoms with Gasteiger partial charge in [-0.15, -0.1) is 12.4 Å². The molecule has 3 N–H and O–H groups in total. The number of benzene rings is 1. The van der Waals surface area contributed by atoms with Crippen molar-refractivity contribution in [1.82, 2.24) is 4.98 Å². The Morgan fingerprint density at radius 3 is 2.55 bits per heavy atom. The predicted molar refractivity (Wildman–Crippen MR) is 78.9 cm³/mol. The second kappa shape index (κ2) is 5.56. The number of hydrogen-bond acceptors (Lipinski definition) is 3. The first-order valence-corrected chi connectivity index (χ1v) is 6.34. The Labute approximate surface area is 127 Å². The second-order valence-electron chi connectivity index (χ2n) is 4.77. The Bertz CT molecular complexity index is 611. The number of hydrogen-bond donors (Lipinski definition) is 2. The number of nitrogens with zero attached hydrogens (tertiary/aromatic N) is 1. The number of aromatic hydroxyl groups is 1. The number of halogens is 3. The summed E-state index contributed by atoms with van der Waals surface area (Å²) in [5.74, 6) is -0.893. The average Bonchev–Trinajstić information content (AvgIpc) is 3.13. The predicted octanol–water partition coefficient (Wildman–Crippen LogP) is 3.48. The van der Waals surface area contributed by atoms with Gasteiger partial charge in [0.1, 0.15) is 0 Å². The van der Waals surface area contributed by atoms with Crippen LogP contribution >= 0.6 is 24.0 Å². The molecule has 3 nitrogen and oxygen atoms in total. The third kappa shape index (κ3) is 2.73. The van der Waals surface area contributed by atoms with Crippen LogP contribution in [0.2, 0.25) is 5.02 Å². The smallest absolute Gasteiger partial charge is 0.183 e. The molecule has 0 amide bonds. The van der Waals surface area contributed by atoms with Crippen molar-refractivity contribution < 1.29 is 9.50 Å². The molecule has 1 aromatic carbocycles. The molecule has 0 bridgehead atoms. The number of phenolic OH excluding ortho intramolecular Hbond substituents is 1. The highest BCUT2D eigenvalue weighted by molar-refractivity contribution is 6.31. The topological polar surface area (TPSA) is 59.1 Å². The molecule has 0 radical (unpaired) electrons. The number of pyridine rings is 1. The second-order valence-corrected chi connectivity index (χ2v) is 5.18. The van der Waals surface area contributed by atoms with E-state index in [0.29, 0.717) is 17.2 Å². The lowest BCUT2D eigenvalue weighted by Gasteiger charge is -2.05. The van der Waals surface area contributed by atoms with Crippen molar-refractivity contribution in [1.29, 1.82) is 0 Å². The zero-order valence-corrected chi connectivity index (χ0v) is 12.0. The summed E-state index contributed by atoms with van der Waals surface area (Å²) in [6, 6.07) is 6.77. The SMILES string of the molecule is Cl.N[C@H]1C[C@@H]1c1ccc(-c2cc(O)c(F)c(Cl)c2)nc1. The maximum Gasteiger partial charge on any atom is 0.183 e. The molecule has 20 heavy (non-hydrogen) atoms. The summed E-state index contributed by atoms with van der Waals surface area (Å²) in [5.41, 5.74) is 8.10. The first-order chi connectivity index (χ1) is 9.06. The maximum atomic E-state index is 13.2. The van der Waals surface area contributed by atoms with Gasteiger partial charge in [0.05, 0.1) is 10.7 Å². The van der Waals surface area contributed by atoms with E-state index in [1.807, 2.05) is 12.1 Å². The van der Waals surface area contributed by atoms with Crippen molar-refractivity contribution in [3.05, 3.63) is 46.9 Å². The zero-order chi connectivity index (χ0) is 13.6. The van der Waals surface area contributed by atoms with Gasteiger partial charge in [-0.2, -0.15) is 0 Å². The largest absolute Gasteiger partial charge is 0.505 e. The van der Waals surface area contributed by atoms with Crippen LogP contribution in [0.25, 0.3) is 11.3 Å². The van der Waals surface area contributed by atoms with E-state index in [1.54, 1.807) is 6.20 Å². The van der Waals surface area contributed by atoms with Crippen molar-refractivity contribution >= 4 is 24.0 Å². The van der Waals surface area contributed by atoms with Crippen molar-refractivity contribution in [2.24, 2.45) is 5.73 Å². The molecule has 2 aromatic rings. The molecule has 0 saturated heterocycles. The number of nitrogens with two attached hydrogens (primary N) is 1. The Kier molecular flexibility index (Phi) is 4.18. The number of aromatic nitrogens is 1. The highest BCUT2D eigenvalue weighted by atomic mass is 35.5. The molecule has 3 rings (SSSR count). The van der Waals surface area contributed by atoms with E-state index in [1.165, 1.54) is 12.1 Å². The minimum absolute atomic E-state index is 0. The molecule has 106 valence electrons. The third-order valence-corrected chi connectivity index (χ3v) is 3.63. The Morgan fingerprint density at radius 2 is 2.05 bits per heavy atom. The van der Waals surface area contributed by atoms with Crippen molar-refractivity contribution in [2.45, 2.75) is 18.4 Å². The molecule has 0 unspecified atom stereocenters. The minimum Gasteiger partial charge on any atom is -0.505 e. The molecule has 1 heterocycles. The fraction of sp³-hybridized carbons (Fsp3) is 0.214. The van der Waals surface area contributed by atoms with Crippen molar-refractivity contribution in [3.63, 3.8) is 0 Å². The molecule has 1 aliphatic rings. The minimum atomic E-state index is -0.814. The fourth-order valence-corrected chi connectivity index (χ4v) is 2.33. The van der Waals surface area contributed by atoms with Crippen LogP contribution in [0, 0.1) is 5.82 Å². The van der Waals surface area contributed by atoms with Crippen LogP contribution in [-0.2, 0) is 0 Å². The van der Waals surface area contributed by atoms with Crippen LogP contribution in [0.1, 0.15) is 17.9 Å². The maximum absolute atomic E-state index is 13.2. The Hall–Kier alpha value is -1.36. The van der Waals surface area contributed by atoms with Gasteiger partial charge >= 0.3 is 0 Å². The van der Waals surface area contributed by atoms with Gasteiger partial charge in [0.15, 0.2) is 11.6 Å². The number of rotatable bonds is 2. The van der Waals surface area contributed by atoms with Gasteiger partial charge < -0.3 is 10.8 Å². The van der Waals surface area contributed by atoms with Gasteiger partial charge in [0, 0.05) is 23.7 Å². The van der Waals surface area contributed by atoms with Gasteiger partial charge in [-0.25, -0.2) is 4.39 Å². The molecule has 6 heteroatoms. The van der Waals surface area contributed by atoms with E-state index < -0.39 is 11.6 Å². The van der Waals surface area contributed by atoms with E-state index in [0.717, 1.165) is 12.0 Å². The van der Waals surface area contributed by atoms with Crippen LogP contribution in [0.5, 0.6) is 5.75 Å². The van der Waals surface area contributed by atoms with E-state index >= 15 is 0 Å². The van der Waals surface area contributed by atoms with Gasteiger partial charge in [-0.1, -0.05) is 17.7 Å². The summed E-state index contributed by atoms with van der Waals surface area (Å²) >= 11 is 5.70. The van der Waals surface area contributed by atoms with Crippen molar-refractivity contribution in [3.8, 4) is 17.0 Å². The van der Waals surface area contributed by atoms with E-state index in [-0.39, 0.29) is 23.5 Å². The van der Waals surface area contributed by atoms with Crippen LogP contribution in [-0.4, -0.2) is 16.1 Å². The molecular weight excluding hydrogens is 302 g/mol. The van der Waals surface area contributed by atoms with E-state index in [9.17, 15) is 9.50 Å². The van der Waals surface area contributed by atoms with Gasteiger partial charge in [-0.05, 0) is 30.2 Å². The van der Waals surface area contributed by atoms with Crippen LogP contribution in [0.15, 0.2) is 30.5 Å². The summed E-state index contributed by atoms with van der Waals surface area (Å²) in [5, 5.41) is 9.31. The van der Waals surface area contributed by atoms with Gasteiger partial charge in [0.2, 0.25) is 0 Å². The van der Waals surface area contributed by atoms with Crippen LogP contribution < -0.4 is 5.73 Å². The van der Waals surface area contributed by atoms with Gasteiger partial charge in [0.25, 0.3) is 0 Å². The summed E-state index contributed by atoms with van der Waals surface area (Å²) in [4.78, 5) is 4.31. The lowest BCUT2D eigenvalue weighted by molar-refractivity contribution is 0.433. The summed E-state index contributed by atoms with van der Waals surface area (Å²) in [6.07, 6.45) is 2.76. The quantitative estimate of drug-likeness (QED) is 0.892. The molecule has 1 fully saturated rings. The monoisotopic (exact) mass is 314 g/mol. The Morgan fingerprint density at radius 1 is 1.35 bits per heavy atom. The standard InChI is InChI=1S/C14H12ClFN2O.ClH/c15-10-3-8(4-13(19)14(10)16)12-2-1-7(6-18-12)9-5-11(9)17;/h1-4,6,9,11,19H,5,17H2;1H/t9-,11+;/m1./s1. The van der Waals surface area contributed by atoms with Crippen LogP contribution in [0.4, 0.5) is 4.39 Å². The first kappa shape index (κ1) is 15.0. The molecule has 0 aliphatic heterocycles. The molecule has 0 spiro atoms. The highest BCUT2D eigenvalue weighted by Crippen LogP contribution is 2.39. The van der Waals surface area contributed by atoms with E-state index in [4.69, 9.17) is 17.3 Å². The van der Waals surface area contributed by atoms with Crippen LogP contribution in [0.3, 0.4) is 0 Å². The molecular formula is C14H13Cl2FN2O. The Balaban J connectivity index is 0.00000147. The fourth-order valence-electron chi connectivity index (χ4n) is 2.12. The number of phenols is 1. The lowest BCUT2D eigenvalue weighted by Crippen LogP contribution is -2.01. The summed E-state index contributed by atoms with van der Waals surface area (Å²) in [7, 11) is 0. The molecule has 1 aliphatic carbocycles. The third-order valence-electron chi connectivity index (χ3n) is 3.36. The average molecular weight is 315 g/mol. The van der Waals surface area contributed by atoms with Gasteiger partial charge in [-0.3, -0.25) is 4.98 Å². The lowest BCUT2D eigenvalue weighted by atomic mass is 10.1. The summed E-state index contributed by atoms with van der Waals surface area (Å²) < 4.78 is 13.2. The normalized spacial score (nSPS) is 20.4. The molecule has 1 aromatic heterocycles. The highest BCUT2D eigenvalue weighted by Gasteiger charge is 2.34. The summed E-state index contributed by atoms with van der Waals surface area (Å²) in [6.45, 7) is 0. The zero-order valence-electron chi connectivity index (χ0n) is 10.4. The first-order valence-electron chi connectivity index (χ1n) is 5.96. The molecule has 1 saturated carbocycles. The van der Waals surface area contributed by atoms with E-state index in [2.05, 4.69) is 4.98 Å². The van der Waals surface area contributed by atoms with Crippen molar-refractivity contribution in [2.75, 3.05) is 0 Å².